The summed E-state index contributed by atoms with van der Waals surface area (Å²) in [5.41, 5.74) is -0.686. The van der Waals surface area contributed by atoms with E-state index in [-0.39, 0.29) is 10.6 Å². The van der Waals surface area contributed by atoms with Crippen molar-refractivity contribution in [2.75, 3.05) is 5.75 Å². The second-order valence-electron chi connectivity index (χ2n) is 9.14. The zero-order valence-electron chi connectivity index (χ0n) is 17.9. The zero-order valence-corrected chi connectivity index (χ0v) is 19.7. The van der Waals surface area contributed by atoms with Crippen LogP contribution in [0.15, 0.2) is 24.3 Å². The van der Waals surface area contributed by atoms with E-state index in [2.05, 4.69) is 20.8 Å². The molecule has 0 aliphatic rings. The molecule has 158 valence electrons. The average Bonchev–Trinajstić information content (AvgIpc) is 2.42. The Bertz CT molecular complexity index is 835. The molecule has 28 heavy (non-hydrogen) atoms. The molecule has 1 rings (SSSR count). The molecule has 7 nitrogen and oxygen atoms in total. The molecule has 0 aliphatic carbocycles. The molecular weight excluding hydrogens is 398 g/mol. The van der Waals surface area contributed by atoms with Gasteiger partial charge in [-0.2, -0.15) is 0 Å². The molecule has 0 atom stereocenters. The Hall–Kier alpha value is -1.87. The van der Waals surface area contributed by atoms with Crippen LogP contribution >= 0.6 is 0 Å². The van der Waals surface area contributed by atoms with Crippen molar-refractivity contribution in [3.8, 4) is 5.75 Å². The van der Waals surface area contributed by atoms with Crippen molar-refractivity contribution in [2.24, 2.45) is 0 Å². The number of carbonyl (C=O) groups excluding carboxylic acids is 2. The molecule has 0 aliphatic heterocycles. The minimum Gasteiger partial charge on any atom is -0.543 e. The molecule has 1 N–H and O–H groups in total. The Morgan fingerprint density at radius 2 is 1.57 bits per heavy atom. The number of carbonyl (C=O) groups is 2. The van der Waals surface area contributed by atoms with E-state index in [4.69, 9.17) is 9.16 Å². The van der Waals surface area contributed by atoms with Crippen molar-refractivity contribution < 1.29 is 27.2 Å². The number of nitrogens with one attached hydrogen (secondary N) is 1. The number of rotatable bonds is 6. The molecule has 0 aromatic heterocycles. The van der Waals surface area contributed by atoms with Crippen LogP contribution in [-0.2, 0) is 14.8 Å². The number of amides is 1. The summed E-state index contributed by atoms with van der Waals surface area (Å²) in [4.78, 5) is 24.4. The quantitative estimate of drug-likeness (QED) is 0.540. The van der Waals surface area contributed by atoms with Gasteiger partial charge in [-0.1, -0.05) is 32.9 Å². The maximum absolute atomic E-state index is 12.6. The van der Waals surface area contributed by atoms with Gasteiger partial charge in [0.2, 0.25) is 10.0 Å². The van der Waals surface area contributed by atoms with Gasteiger partial charge in [-0.3, -0.25) is 4.79 Å². The first-order chi connectivity index (χ1) is 12.4. The second kappa shape index (κ2) is 8.24. The Morgan fingerprint density at radius 3 is 2.07 bits per heavy atom. The second-order valence-corrected chi connectivity index (χ2v) is 15.6. The summed E-state index contributed by atoms with van der Waals surface area (Å²) in [6, 6.07) is 6.54. The van der Waals surface area contributed by atoms with E-state index in [0.29, 0.717) is 5.75 Å². The third kappa shape index (κ3) is 7.27. The maximum Gasteiger partial charge on any atom is 0.421 e. The van der Waals surface area contributed by atoms with Gasteiger partial charge in [0, 0.05) is 0 Å². The van der Waals surface area contributed by atoms with Gasteiger partial charge >= 0.3 is 6.09 Å². The first-order valence-corrected chi connectivity index (χ1v) is 13.5. The molecule has 0 heterocycles. The Morgan fingerprint density at radius 1 is 1.04 bits per heavy atom. The molecule has 0 fully saturated rings. The van der Waals surface area contributed by atoms with Crippen LogP contribution in [0, 0.1) is 0 Å². The number of ether oxygens (including phenoxy) is 1. The van der Waals surface area contributed by atoms with Crippen LogP contribution in [0.3, 0.4) is 0 Å². The predicted octanol–water partition coefficient (Wildman–Crippen LogP) is 4.11. The van der Waals surface area contributed by atoms with Crippen molar-refractivity contribution in [1.82, 2.24) is 4.72 Å². The van der Waals surface area contributed by atoms with Gasteiger partial charge in [0.25, 0.3) is 8.32 Å². The highest BCUT2D eigenvalue weighted by Crippen LogP contribution is 2.38. The van der Waals surface area contributed by atoms with Crippen LogP contribution in [0.1, 0.15) is 51.9 Å². The van der Waals surface area contributed by atoms with Crippen LogP contribution < -0.4 is 9.15 Å². The summed E-state index contributed by atoms with van der Waals surface area (Å²) < 4.78 is 37.3. The topological polar surface area (TPSA) is 98.8 Å². The third-order valence-electron chi connectivity index (χ3n) is 4.32. The fourth-order valence-corrected chi connectivity index (χ4v) is 3.83. The Labute approximate surface area is 169 Å². The summed E-state index contributed by atoms with van der Waals surface area (Å²) in [6.07, 6.45) is -1.12. The highest BCUT2D eigenvalue weighted by atomic mass is 32.2. The molecule has 9 heteroatoms. The molecule has 0 unspecified atom stereocenters. The lowest BCUT2D eigenvalue weighted by Crippen LogP contribution is -2.44. The van der Waals surface area contributed by atoms with E-state index in [1.54, 1.807) is 43.7 Å². The van der Waals surface area contributed by atoms with Gasteiger partial charge in [0.1, 0.15) is 17.1 Å². The van der Waals surface area contributed by atoms with Gasteiger partial charge in [0.15, 0.2) is 5.78 Å². The van der Waals surface area contributed by atoms with Gasteiger partial charge in [-0.25, -0.2) is 17.9 Å². The van der Waals surface area contributed by atoms with Crippen molar-refractivity contribution in [3.05, 3.63) is 29.8 Å². The van der Waals surface area contributed by atoms with E-state index >= 15 is 0 Å². The van der Waals surface area contributed by atoms with Crippen molar-refractivity contribution >= 4 is 30.2 Å². The SMILES string of the molecule is CC(C)(C)OC(=O)NS(=O)(=O)CC(=O)c1ccccc1O[Si](C)(C)C(C)(C)C. The molecule has 1 aromatic carbocycles. The fourth-order valence-electron chi connectivity index (χ4n) is 1.93. The van der Waals surface area contributed by atoms with E-state index in [1.807, 2.05) is 13.1 Å². The lowest BCUT2D eigenvalue weighted by atomic mass is 10.1. The van der Waals surface area contributed by atoms with Crippen LogP contribution in [0.5, 0.6) is 5.75 Å². The summed E-state index contributed by atoms with van der Waals surface area (Å²) >= 11 is 0. The Balaban J connectivity index is 3.01. The molecular formula is C19H31NO6SSi. The van der Waals surface area contributed by atoms with Crippen LogP contribution in [-0.4, -0.2) is 40.0 Å². The highest BCUT2D eigenvalue weighted by Gasteiger charge is 2.39. The summed E-state index contributed by atoms with van der Waals surface area (Å²) in [5.74, 6) is -1.19. The highest BCUT2D eigenvalue weighted by molar-refractivity contribution is 7.90. The molecule has 0 radical (unpaired) electrons. The summed E-state index contributed by atoms with van der Waals surface area (Å²) in [7, 11) is -6.43. The lowest BCUT2D eigenvalue weighted by Gasteiger charge is -2.36. The van der Waals surface area contributed by atoms with Crippen molar-refractivity contribution in [1.29, 1.82) is 0 Å². The first-order valence-electron chi connectivity index (χ1n) is 8.98. The number of ketones is 1. The van der Waals surface area contributed by atoms with Gasteiger partial charge < -0.3 is 9.16 Å². The first kappa shape index (κ1) is 24.2. The number of hydrogen-bond donors (Lipinski definition) is 1. The standard InChI is InChI=1S/C19H31NO6SSi/c1-18(2,3)25-17(22)20-27(23,24)13-15(21)14-11-9-10-12-16(14)26-28(7,8)19(4,5)6/h9-12H,13H2,1-8H3,(H,20,22). The minimum absolute atomic E-state index is 0.0898. The number of para-hydroxylation sites is 1. The fraction of sp³-hybridized carbons (Fsp3) is 0.579. The molecule has 1 amide bonds. The number of sulfonamides is 1. The van der Waals surface area contributed by atoms with Crippen LogP contribution in [0.25, 0.3) is 0 Å². The predicted molar refractivity (Wildman–Crippen MR) is 112 cm³/mol. The van der Waals surface area contributed by atoms with Gasteiger partial charge in [-0.05, 0) is 51.0 Å². The monoisotopic (exact) mass is 429 g/mol. The molecule has 0 spiro atoms. The summed E-state index contributed by atoms with van der Waals surface area (Å²) in [5, 5.41) is -0.0898. The third-order valence-corrected chi connectivity index (χ3v) is 9.78. The minimum atomic E-state index is -4.21. The zero-order chi connectivity index (χ0) is 22.0. The summed E-state index contributed by atoms with van der Waals surface area (Å²) in [6.45, 7) is 15.1. The lowest BCUT2D eigenvalue weighted by molar-refractivity contribution is 0.0570. The van der Waals surface area contributed by atoms with E-state index in [9.17, 15) is 18.0 Å². The van der Waals surface area contributed by atoms with Crippen LogP contribution in [0.2, 0.25) is 18.1 Å². The number of hydrogen-bond acceptors (Lipinski definition) is 6. The van der Waals surface area contributed by atoms with E-state index in [0.717, 1.165) is 0 Å². The van der Waals surface area contributed by atoms with Gasteiger partial charge in [-0.15, -0.1) is 0 Å². The largest absolute Gasteiger partial charge is 0.543 e. The van der Waals surface area contributed by atoms with Crippen molar-refractivity contribution in [2.45, 2.75) is 65.3 Å². The molecule has 1 aromatic rings. The normalized spacial score (nSPS) is 13.0. The average molecular weight is 430 g/mol. The van der Waals surface area contributed by atoms with Crippen LogP contribution in [0.4, 0.5) is 4.79 Å². The number of benzene rings is 1. The molecule has 0 saturated carbocycles. The maximum atomic E-state index is 12.6. The van der Waals surface area contributed by atoms with Gasteiger partial charge in [0.05, 0.1) is 5.56 Å². The number of Topliss-reactive ketones (excluding diaryl/α,β-unsaturated/α-hetero) is 1. The Kier molecular flexibility index (Phi) is 7.11. The van der Waals surface area contributed by atoms with E-state index < -0.39 is 41.6 Å². The smallest absolute Gasteiger partial charge is 0.421 e. The van der Waals surface area contributed by atoms with E-state index in [1.165, 1.54) is 6.07 Å². The van der Waals surface area contributed by atoms with Crippen molar-refractivity contribution in [3.63, 3.8) is 0 Å². The molecule has 0 saturated heterocycles. The molecule has 0 bridgehead atoms.